The second-order valence-corrected chi connectivity index (χ2v) is 6.49. The standard InChI is InChI=1S/C19H20N6O2/c1-26-13-17-22-19(27-23-17)12-24-6-8-25(9-7-24)18-5-3-15-10-14(11-20)2-4-16(15)21-18/h2-5,10H,6-9,12-13H2,1H3. The van der Waals surface area contributed by atoms with Crippen LogP contribution in [0.3, 0.4) is 0 Å². The Balaban J connectivity index is 1.38. The Labute approximate surface area is 157 Å². The molecular formula is C19H20N6O2. The molecule has 0 aliphatic carbocycles. The number of anilines is 1. The number of aromatic nitrogens is 3. The van der Waals surface area contributed by atoms with Crippen molar-refractivity contribution in [3.8, 4) is 6.07 Å². The summed E-state index contributed by atoms with van der Waals surface area (Å²) in [5.41, 5.74) is 1.56. The van der Waals surface area contributed by atoms with Crippen LogP contribution in [0.25, 0.3) is 10.9 Å². The Hall–Kier alpha value is -3.02. The maximum Gasteiger partial charge on any atom is 0.240 e. The monoisotopic (exact) mass is 364 g/mol. The lowest BCUT2D eigenvalue weighted by Gasteiger charge is -2.34. The van der Waals surface area contributed by atoms with Crippen LogP contribution in [-0.4, -0.2) is 53.3 Å². The molecule has 0 N–H and O–H groups in total. The summed E-state index contributed by atoms with van der Waals surface area (Å²) in [6.07, 6.45) is 0. The molecule has 0 atom stereocenters. The van der Waals surface area contributed by atoms with Crippen LogP contribution in [-0.2, 0) is 17.9 Å². The average molecular weight is 364 g/mol. The molecule has 4 rings (SSSR count). The summed E-state index contributed by atoms with van der Waals surface area (Å²) in [5, 5.41) is 13.9. The normalized spacial score (nSPS) is 15.2. The number of rotatable bonds is 5. The number of ether oxygens (including phenoxy) is 1. The number of fused-ring (bicyclic) bond motifs is 1. The third kappa shape index (κ3) is 3.89. The molecule has 27 heavy (non-hydrogen) atoms. The van der Waals surface area contributed by atoms with Gasteiger partial charge in [0.2, 0.25) is 5.89 Å². The van der Waals surface area contributed by atoms with Gasteiger partial charge in [0, 0.05) is 38.7 Å². The maximum absolute atomic E-state index is 9.01. The lowest BCUT2D eigenvalue weighted by molar-refractivity contribution is 0.174. The third-order valence-corrected chi connectivity index (χ3v) is 4.64. The minimum Gasteiger partial charge on any atom is -0.377 e. The van der Waals surface area contributed by atoms with E-state index in [1.165, 1.54) is 0 Å². The smallest absolute Gasteiger partial charge is 0.240 e. The zero-order valence-corrected chi connectivity index (χ0v) is 15.1. The van der Waals surface area contributed by atoms with Crippen molar-refractivity contribution >= 4 is 16.7 Å². The van der Waals surface area contributed by atoms with E-state index in [1.807, 2.05) is 24.3 Å². The van der Waals surface area contributed by atoms with Crippen molar-refractivity contribution in [3.05, 3.63) is 47.6 Å². The molecule has 1 fully saturated rings. The summed E-state index contributed by atoms with van der Waals surface area (Å²) >= 11 is 0. The molecule has 138 valence electrons. The fourth-order valence-corrected chi connectivity index (χ4v) is 3.23. The summed E-state index contributed by atoms with van der Waals surface area (Å²) < 4.78 is 10.3. The van der Waals surface area contributed by atoms with E-state index in [-0.39, 0.29) is 0 Å². The number of piperazine rings is 1. The lowest BCUT2D eigenvalue weighted by Crippen LogP contribution is -2.46. The molecule has 1 aliphatic heterocycles. The van der Waals surface area contributed by atoms with Gasteiger partial charge in [-0.1, -0.05) is 5.16 Å². The van der Waals surface area contributed by atoms with E-state index in [4.69, 9.17) is 19.5 Å². The van der Waals surface area contributed by atoms with E-state index >= 15 is 0 Å². The first-order valence-corrected chi connectivity index (χ1v) is 8.84. The number of pyridine rings is 1. The Morgan fingerprint density at radius 1 is 1.15 bits per heavy atom. The van der Waals surface area contributed by atoms with Crippen molar-refractivity contribution < 1.29 is 9.26 Å². The summed E-state index contributed by atoms with van der Waals surface area (Å²) in [6.45, 7) is 4.57. The number of hydrogen-bond donors (Lipinski definition) is 0. The minimum absolute atomic E-state index is 0.362. The van der Waals surface area contributed by atoms with Crippen molar-refractivity contribution in [1.82, 2.24) is 20.0 Å². The maximum atomic E-state index is 9.01. The van der Waals surface area contributed by atoms with Crippen molar-refractivity contribution in [1.29, 1.82) is 5.26 Å². The molecule has 1 saturated heterocycles. The molecule has 1 aromatic carbocycles. The SMILES string of the molecule is COCc1noc(CN2CCN(c3ccc4cc(C#N)ccc4n3)CC2)n1. The Kier molecular flexibility index (Phi) is 4.96. The van der Waals surface area contributed by atoms with E-state index in [0.717, 1.165) is 42.9 Å². The van der Waals surface area contributed by atoms with Gasteiger partial charge in [0.25, 0.3) is 0 Å². The molecular weight excluding hydrogens is 344 g/mol. The van der Waals surface area contributed by atoms with Crippen LogP contribution in [0.2, 0.25) is 0 Å². The van der Waals surface area contributed by atoms with Crippen LogP contribution in [0.4, 0.5) is 5.82 Å². The highest BCUT2D eigenvalue weighted by Gasteiger charge is 2.20. The fraction of sp³-hybridized carbons (Fsp3) is 0.368. The predicted molar refractivity (Wildman–Crippen MR) is 99.0 cm³/mol. The first-order chi connectivity index (χ1) is 13.2. The Morgan fingerprint density at radius 3 is 2.78 bits per heavy atom. The number of hydrogen-bond acceptors (Lipinski definition) is 8. The fourth-order valence-electron chi connectivity index (χ4n) is 3.23. The quantitative estimate of drug-likeness (QED) is 0.678. The molecule has 0 amide bonds. The molecule has 0 saturated carbocycles. The first kappa shape index (κ1) is 17.4. The van der Waals surface area contributed by atoms with Gasteiger partial charge >= 0.3 is 0 Å². The molecule has 0 unspecified atom stereocenters. The second-order valence-electron chi connectivity index (χ2n) is 6.49. The molecule has 1 aliphatic rings. The molecule has 0 bridgehead atoms. The second kappa shape index (κ2) is 7.70. The third-order valence-electron chi connectivity index (χ3n) is 4.64. The zero-order chi connectivity index (χ0) is 18.6. The molecule has 0 radical (unpaired) electrons. The molecule has 8 nitrogen and oxygen atoms in total. The highest BCUT2D eigenvalue weighted by Crippen LogP contribution is 2.20. The molecule has 3 heterocycles. The highest BCUT2D eigenvalue weighted by molar-refractivity contribution is 5.81. The zero-order valence-electron chi connectivity index (χ0n) is 15.1. The Morgan fingerprint density at radius 2 is 2.00 bits per heavy atom. The van der Waals surface area contributed by atoms with Crippen LogP contribution < -0.4 is 4.90 Å². The van der Waals surface area contributed by atoms with E-state index in [1.54, 1.807) is 13.2 Å². The number of nitriles is 1. The van der Waals surface area contributed by atoms with Crippen molar-refractivity contribution in [3.63, 3.8) is 0 Å². The van der Waals surface area contributed by atoms with Gasteiger partial charge < -0.3 is 14.2 Å². The van der Waals surface area contributed by atoms with Gasteiger partial charge in [-0.15, -0.1) is 0 Å². The van der Waals surface area contributed by atoms with Gasteiger partial charge in [0.05, 0.1) is 23.7 Å². The van der Waals surface area contributed by atoms with Gasteiger partial charge in [-0.25, -0.2) is 4.98 Å². The summed E-state index contributed by atoms with van der Waals surface area (Å²) in [5.74, 6) is 2.16. The van der Waals surface area contributed by atoms with E-state index in [9.17, 15) is 0 Å². The van der Waals surface area contributed by atoms with Crippen molar-refractivity contribution in [2.24, 2.45) is 0 Å². The summed E-state index contributed by atoms with van der Waals surface area (Å²) in [4.78, 5) is 13.6. The molecule has 2 aromatic heterocycles. The summed E-state index contributed by atoms with van der Waals surface area (Å²) in [6, 6.07) is 11.8. The van der Waals surface area contributed by atoms with Gasteiger partial charge in [-0.05, 0) is 30.3 Å². The van der Waals surface area contributed by atoms with Gasteiger partial charge in [-0.3, -0.25) is 4.90 Å². The Bertz CT molecular complexity index is 972. The molecule has 0 spiro atoms. The largest absolute Gasteiger partial charge is 0.377 e. The van der Waals surface area contributed by atoms with Gasteiger partial charge in [-0.2, -0.15) is 10.2 Å². The van der Waals surface area contributed by atoms with Crippen LogP contribution >= 0.6 is 0 Å². The number of benzene rings is 1. The highest BCUT2D eigenvalue weighted by atomic mass is 16.5. The minimum atomic E-state index is 0.362. The van der Waals surface area contributed by atoms with Gasteiger partial charge in [0.15, 0.2) is 5.82 Å². The number of nitrogens with zero attached hydrogens (tertiary/aromatic N) is 6. The average Bonchev–Trinajstić information content (AvgIpc) is 3.15. The predicted octanol–water partition coefficient (Wildman–Crippen LogP) is 1.96. The van der Waals surface area contributed by atoms with Crippen LogP contribution in [0.15, 0.2) is 34.9 Å². The van der Waals surface area contributed by atoms with Crippen LogP contribution in [0, 0.1) is 11.3 Å². The lowest BCUT2D eigenvalue weighted by atomic mass is 10.1. The number of methoxy groups -OCH3 is 1. The van der Waals surface area contributed by atoms with Crippen molar-refractivity contribution in [2.45, 2.75) is 13.2 Å². The van der Waals surface area contributed by atoms with Crippen LogP contribution in [0.1, 0.15) is 17.3 Å². The van der Waals surface area contributed by atoms with E-state index in [0.29, 0.717) is 30.4 Å². The molecule has 3 aromatic rings. The van der Waals surface area contributed by atoms with E-state index in [2.05, 4.69) is 26.0 Å². The van der Waals surface area contributed by atoms with Crippen LogP contribution in [0.5, 0.6) is 0 Å². The summed E-state index contributed by atoms with van der Waals surface area (Å²) in [7, 11) is 1.61. The van der Waals surface area contributed by atoms with Gasteiger partial charge in [0.1, 0.15) is 12.4 Å². The van der Waals surface area contributed by atoms with Crippen molar-refractivity contribution in [2.75, 3.05) is 38.2 Å². The first-order valence-electron chi connectivity index (χ1n) is 8.84. The topological polar surface area (TPSA) is 91.3 Å². The molecule has 8 heteroatoms. The van der Waals surface area contributed by atoms with E-state index < -0.39 is 0 Å².